The smallest absolute Gasteiger partial charge is 0.220 e. The summed E-state index contributed by atoms with van der Waals surface area (Å²) in [4.78, 5) is 22.1. The Bertz CT molecular complexity index is 887. The van der Waals surface area contributed by atoms with Crippen molar-refractivity contribution < 1.29 is 13.6 Å². The molecule has 2 aromatic rings. The Morgan fingerprint density at radius 3 is 2.66 bits per heavy atom. The minimum absolute atomic E-state index is 0. The van der Waals surface area contributed by atoms with Crippen molar-refractivity contribution in [2.75, 3.05) is 23.3 Å². The topological polar surface area (TPSA) is 110 Å². The minimum Gasteiger partial charge on any atom is -0.370 e. The molecule has 29 heavy (non-hydrogen) atoms. The number of aliphatic imine (C=N–C) groups is 1. The highest BCUT2D eigenvalue weighted by Gasteiger charge is 2.24. The van der Waals surface area contributed by atoms with Crippen LogP contribution in [0.2, 0.25) is 0 Å². The fourth-order valence-electron chi connectivity index (χ4n) is 3.16. The van der Waals surface area contributed by atoms with Gasteiger partial charge in [-0.3, -0.25) is 4.79 Å². The lowest BCUT2D eigenvalue weighted by Gasteiger charge is -2.32. The number of hydrogen-bond acceptors (Lipinski definition) is 4. The van der Waals surface area contributed by atoms with E-state index >= 15 is 0 Å². The average Bonchev–Trinajstić information content (AvgIpc) is 2.69. The van der Waals surface area contributed by atoms with Crippen LogP contribution in [0.15, 0.2) is 41.5 Å². The quantitative estimate of drug-likeness (QED) is 0.322. The summed E-state index contributed by atoms with van der Waals surface area (Å²) in [7, 11) is 0. The summed E-state index contributed by atoms with van der Waals surface area (Å²) in [5.41, 5.74) is 12.0. The number of pyridine rings is 1. The third-order valence-corrected chi connectivity index (χ3v) is 4.68. The van der Waals surface area contributed by atoms with E-state index in [0.717, 1.165) is 29.6 Å². The van der Waals surface area contributed by atoms with Crippen molar-refractivity contribution in [3.8, 4) is 0 Å². The molecule has 156 valence electrons. The number of rotatable bonds is 5. The molecule has 0 unspecified atom stereocenters. The van der Waals surface area contributed by atoms with Gasteiger partial charge in [0.2, 0.25) is 5.91 Å². The van der Waals surface area contributed by atoms with Crippen LogP contribution < -0.4 is 21.7 Å². The zero-order valence-corrected chi connectivity index (χ0v) is 18.0. The van der Waals surface area contributed by atoms with Gasteiger partial charge in [0.1, 0.15) is 17.5 Å². The second-order valence-electron chi connectivity index (χ2n) is 6.60. The van der Waals surface area contributed by atoms with Crippen molar-refractivity contribution in [2.24, 2.45) is 22.4 Å². The molecule has 0 bridgehead atoms. The summed E-state index contributed by atoms with van der Waals surface area (Å²) in [5, 5.41) is 2.57. The molecule has 7 nitrogen and oxygen atoms in total. The highest BCUT2D eigenvalue weighted by molar-refractivity contribution is 14.0. The molecule has 5 N–H and O–H groups in total. The molecule has 1 aromatic heterocycles. The molecule has 0 saturated carbocycles. The Kier molecular flexibility index (Phi) is 8.11. The number of nitrogens with zero attached hydrogens (tertiary/aromatic N) is 3. The molecular weight excluding hydrogens is 493 g/mol. The zero-order chi connectivity index (χ0) is 20.1. The second-order valence-corrected chi connectivity index (χ2v) is 6.60. The summed E-state index contributed by atoms with van der Waals surface area (Å²) in [6, 6.07) is 6.72. The Balaban J connectivity index is 0.00000300. The van der Waals surface area contributed by atoms with Gasteiger partial charge < -0.3 is 21.7 Å². The lowest BCUT2D eigenvalue weighted by atomic mass is 9.96. The normalized spacial score (nSPS) is 15.0. The lowest BCUT2D eigenvalue weighted by molar-refractivity contribution is -0.122. The number of piperidine rings is 1. The molecule has 1 aliphatic heterocycles. The van der Waals surface area contributed by atoms with Crippen LogP contribution in [-0.4, -0.2) is 29.9 Å². The molecule has 1 saturated heterocycles. The predicted octanol–water partition coefficient (Wildman–Crippen LogP) is 2.61. The minimum atomic E-state index is -0.626. The van der Waals surface area contributed by atoms with Crippen molar-refractivity contribution in [3.05, 3.63) is 53.7 Å². The van der Waals surface area contributed by atoms with E-state index in [2.05, 4.69) is 20.2 Å². The van der Waals surface area contributed by atoms with Crippen molar-refractivity contribution in [1.82, 2.24) is 4.98 Å². The van der Waals surface area contributed by atoms with Crippen LogP contribution in [0.4, 0.5) is 20.3 Å². The maximum absolute atomic E-state index is 13.7. The first-order chi connectivity index (χ1) is 13.4. The van der Waals surface area contributed by atoms with Gasteiger partial charge in [-0.15, -0.1) is 24.0 Å². The number of nitrogens with one attached hydrogen (secondary N) is 1. The number of amides is 1. The van der Waals surface area contributed by atoms with Crippen LogP contribution in [0.3, 0.4) is 0 Å². The molecule has 0 spiro atoms. The molecule has 10 heteroatoms. The molecule has 0 aliphatic carbocycles. The Labute approximate surface area is 184 Å². The van der Waals surface area contributed by atoms with Crippen molar-refractivity contribution >= 4 is 47.3 Å². The summed E-state index contributed by atoms with van der Waals surface area (Å²) >= 11 is 0. The Morgan fingerprint density at radius 2 is 1.97 bits per heavy atom. The summed E-state index contributed by atoms with van der Waals surface area (Å²) < 4.78 is 27.0. The number of aromatic nitrogens is 1. The molecule has 3 rings (SSSR count). The van der Waals surface area contributed by atoms with Crippen LogP contribution in [0.25, 0.3) is 0 Å². The average molecular weight is 516 g/mol. The number of halogens is 3. The Morgan fingerprint density at radius 1 is 1.24 bits per heavy atom. The van der Waals surface area contributed by atoms with E-state index in [1.54, 1.807) is 12.3 Å². The van der Waals surface area contributed by atoms with E-state index in [4.69, 9.17) is 11.5 Å². The SMILES string of the molecule is I.NC(=O)C1CCN(c2ncccc2CN=C(N)Nc2cc(F)ccc2F)CC1. The van der Waals surface area contributed by atoms with Crippen LogP contribution in [0, 0.1) is 17.6 Å². The highest BCUT2D eigenvalue weighted by Crippen LogP contribution is 2.25. The van der Waals surface area contributed by atoms with Crippen LogP contribution in [0.1, 0.15) is 18.4 Å². The summed E-state index contributed by atoms with van der Waals surface area (Å²) in [6.45, 7) is 1.56. The number of nitrogens with two attached hydrogens (primary N) is 2. The first kappa shape index (κ1) is 22.8. The fraction of sp³-hybridized carbons (Fsp3) is 0.316. The van der Waals surface area contributed by atoms with E-state index in [9.17, 15) is 13.6 Å². The number of benzene rings is 1. The van der Waals surface area contributed by atoms with Crippen molar-refractivity contribution in [1.29, 1.82) is 0 Å². The monoisotopic (exact) mass is 516 g/mol. The number of primary amides is 1. The van der Waals surface area contributed by atoms with Gasteiger partial charge in [0.15, 0.2) is 5.96 Å². The van der Waals surface area contributed by atoms with Gasteiger partial charge in [-0.1, -0.05) is 6.07 Å². The molecule has 1 aromatic carbocycles. The van der Waals surface area contributed by atoms with Gasteiger partial charge >= 0.3 is 0 Å². The lowest BCUT2D eigenvalue weighted by Crippen LogP contribution is -2.39. The standard InChI is InChI=1S/C19H22F2N6O.HI/c20-14-3-4-15(21)16(10-14)26-19(23)25-11-13-2-1-7-24-18(13)27-8-5-12(6-9-27)17(22)28;/h1-4,7,10,12H,5-6,8-9,11H2,(H2,22,28)(H3,23,25,26);1H. The maximum Gasteiger partial charge on any atom is 0.220 e. The first-order valence-corrected chi connectivity index (χ1v) is 8.94. The first-order valence-electron chi connectivity index (χ1n) is 8.94. The van der Waals surface area contributed by atoms with Crippen LogP contribution >= 0.6 is 24.0 Å². The van der Waals surface area contributed by atoms with Crippen molar-refractivity contribution in [3.63, 3.8) is 0 Å². The van der Waals surface area contributed by atoms with Gasteiger partial charge in [-0.05, 0) is 31.0 Å². The molecule has 0 radical (unpaired) electrons. The largest absolute Gasteiger partial charge is 0.370 e. The third-order valence-electron chi connectivity index (χ3n) is 4.68. The highest BCUT2D eigenvalue weighted by atomic mass is 127. The van der Waals surface area contributed by atoms with E-state index in [1.165, 1.54) is 0 Å². The van der Waals surface area contributed by atoms with Crippen LogP contribution in [-0.2, 0) is 11.3 Å². The fourth-order valence-corrected chi connectivity index (χ4v) is 3.16. The van der Waals surface area contributed by atoms with E-state index < -0.39 is 11.6 Å². The number of guanidine groups is 1. The number of anilines is 2. The van der Waals surface area contributed by atoms with E-state index in [1.807, 2.05) is 6.07 Å². The number of carbonyl (C=O) groups excluding carboxylic acids is 1. The zero-order valence-electron chi connectivity index (χ0n) is 15.6. The summed E-state index contributed by atoms with van der Waals surface area (Å²) in [5.74, 6) is -0.855. The predicted molar refractivity (Wildman–Crippen MR) is 119 cm³/mol. The molecule has 1 fully saturated rings. The van der Waals surface area contributed by atoms with Gasteiger partial charge in [-0.25, -0.2) is 18.8 Å². The van der Waals surface area contributed by atoms with Gasteiger partial charge in [0.25, 0.3) is 0 Å². The molecule has 1 aliphatic rings. The number of carbonyl (C=O) groups is 1. The molecule has 1 amide bonds. The molecule has 2 heterocycles. The second kappa shape index (κ2) is 10.3. The number of hydrogen-bond donors (Lipinski definition) is 3. The Hall–Kier alpha value is -2.50. The maximum atomic E-state index is 13.7. The molecular formula is C19H23F2IN6O. The van der Waals surface area contributed by atoms with Gasteiger partial charge in [0, 0.05) is 36.8 Å². The van der Waals surface area contributed by atoms with Crippen LogP contribution in [0.5, 0.6) is 0 Å². The van der Waals surface area contributed by atoms with E-state index in [-0.39, 0.29) is 54.0 Å². The van der Waals surface area contributed by atoms with Gasteiger partial charge in [-0.2, -0.15) is 0 Å². The van der Waals surface area contributed by atoms with Gasteiger partial charge in [0.05, 0.1) is 12.2 Å². The summed E-state index contributed by atoms with van der Waals surface area (Å²) in [6.07, 6.45) is 3.04. The third kappa shape index (κ3) is 5.99. The van der Waals surface area contributed by atoms with Crippen molar-refractivity contribution in [2.45, 2.75) is 19.4 Å². The van der Waals surface area contributed by atoms with E-state index in [0.29, 0.717) is 25.9 Å². The molecule has 0 atom stereocenters.